The summed E-state index contributed by atoms with van der Waals surface area (Å²) < 4.78 is 1.01. The van der Waals surface area contributed by atoms with E-state index in [-0.39, 0.29) is 5.91 Å². The summed E-state index contributed by atoms with van der Waals surface area (Å²) in [5.74, 6) is 0.0376. The number of anilines is 1. The van der Waals surface area contributed by atoms with E-state index in [4.69, 9.17) is 0 Å². The molecule has 0 saturated heterocycles. The molecule has 1 aromatic rings. The molecule has 1 rings (SSSR count). The molecule has 4 nitrogen and oxygen atoms in total. The van der Waals surface area contributed by atoms with E-state index >= 15 is 0 Å². The van der Waals surface area contributed by atoms with Gasteiger partial charge in [0.2, 0.25) is 5.91 Å². The van der Waals surface area contributed by atoms with Crippen LogP contribution in [0.1, 0.15) is 25.8 Å². The monoisotopic (exact) mass is 341 g/mol. The minimum absolute atomic E-state index is 0.0376. The molecule has 0 aliphatic rings. The van der Waals surface area contributed by atoms with Crippen LogP contribution in [0.4, 0.5) is 5.69 Å². The second-order valence-corrected chi connectivity index (χ2v) is 5.63. The molecule has 0 aliphatic heterocycles. The van der Waals surface area contributed by atoms with Crippen molar-refractivity contribution >= 4 is 27.5 Å². The summed E-state index contributed by atoms with van der Waals surface area (Å²) in [5.41, 5.74) is 2.26. The minimum atomic E-state index is 0.0376. The summed E-state index contributed by atoms with van der Waals surface area (Å²) in [7, 11) is 1.92. The summed E-state index contributed by atoms with van der Waals surface area (Å²) in [6, 6.07) is 6.25. The number of benzene rings is 1. The normalized spacial score (nSPS) is 10.4. The van der Waals surface area contributed by atoms with Crippen LogP contribution in [-0.4, -0.2) is 32.6 Å². The Morgan fingerprint density at radius 1 is 1.35 bits per heavy atom. The molecule has 0 radical (unpaired) electrons. The second-order valence-electron chi connectivity index (χ2n) is 4.77. The standard InChI is InChI=1S/C15H24BrN3O/c1-4-8-17-10-12-6-7-14(13(16)9-12)19(3)11-15(20)18-5-2/h6-7,9,17H,4-5,8,10-11H2,1-3H3,(H,18,20). The van der Waals surface area contributed by atoms with Crippen LogP contribution in [0.2, 0.25) is 0 Å². The number of amides is 1. The van der Waals surface area contributed by atoms with Crippen molar-refractivity contribution in [1.82, 2.24) is 10.6 Å². The van der Waals surface area contributed by atoms with Crippen LogP contribution in [0.25, 0.3) is 0 Å². The fraction of sp³-hybridized carbons (Fsp3) is 0.533. The first-order chi connectivity index (χ1) is 9.58. The van der Waals surface area contributed by atoms with Crippen molar-refractivity contribution in [2.24, 2.45) is 0 Å². The largest absolute Gasteiger partial charge is 0.364 e. The van der Waals surface area contributed by atoms with Crippen molar-refractivity contribution in [3.63, 3.8) is 0 Å². The molecular formula is C15H24BrN3O. The molecule has 0 aromatic heterocycles. The first kappa shape index (κ1) is 17.0. The van der Waals surface area contributed by atoms with Crippen LogP contribution in [0, 0.1) is 0 Å². The summed E-state index contributed by atoms with van der Waals surface area (Å²) in [6.45, 7) is 6.99. The van der Waals surface area contributed by atoms with E-state index in [2.05, 4.69) is 45.6 Å². The molecular weight excluding hydrogens is 318 g/mol. The van der Waals surface area contributed by atoms with Gasteiger partial charge in [0.1, 0.15) is 0 Å². The fourth-order valence-electron chi connectivity index (χ4n) is 1.93. The summed E-state index contributed by atoms with van der Waals surface area (Å²) in [6.07, 6.45) is 1.13. The Hall–Kier alpha value is -1.07. The Bertz CT molecular complexity index is 437. The minimum Gasteiger partial charge on any atom is -0.364 e. The summed E-state index contributed by atoms with van der Waals surface area (Å²) in [5, 5.41) is 6.18. The van der Waals surface area contributed by atoms with Crippen LogP contribution in [-0.2, 0) is 11.3 Å². The lowest BCUT2D eigenvalue weighted by atomic mass is 10.2. The molecule has 0 saturated carbocycles. The highest BCUT2D eigenvalue weighted by molar-refractivity contribution is 9.10. The van der Waals surface area contributed by atoms with Gasteiger partial charge >= 0.3 is 0 Å². The maximum absolute atomic E-state index is 11.6. The first-order valence-electron chi connectivity index (χ1n) is 7.05. The number of hydrogen-bond acceptors (Lipinski definition) is 3. The average Bonchev–Trinajstić information content (AvgIpc) is 2.39. The van der Waals surface area contributed by atoms with Gasteiger partial charge in [-0.1, -0.05) is 13.0 Å². The Morgan fingerprint density at radius 3 is 2.70 bits per heavy atom. The van der Waals surface area contributed by atoms with Crippen molar-refractivity contribution in [3.8, 4) is 0 Å². The Balaban J connectivity index is 2.64. The first-order valence-corrected chi connectivity index (χ1v) is 7.84. The topological polar surface area (TPSA) is 44.4 Å². The van der Waals surface area contributed by atoms with Gasteiger partial charge in [0.15, 0.2) is 0 Å². The zero-order valence-electron chi connectivity index (χ0n) is 12.5. The Morgan fingerprint density at radius 2 is 2.10 bits per heavy atom. The predicted octanol–water partition coefficient (Wildman–Crippen LogP) is 2.52. The van der Waals surface area contributed by atoms with Gasteiger partial charge in [0.05, 0.1) is 12.2 Å². The number of rotatable bonds is 8. The molecule has 0 aliphatic carbocycles. The molecule has 0 unspecified atom stereocenters. The van der Waals surface area contributed by atoms with Crippen LogP contribution < -0.4 is 15.5 Å². The van der Waals surface area contributed by atoms with E-state index in [9.17, 15) is 4.79 Å². The van der Waals surface area contributed by atoms with E-state index in [0.29, 0.717) is 13.1 Å². The summed E-state index contributed by atoms with van der Waals surface area (Å²) >= 11 is 3.58. The molecule has 1 aromatic carbocycles. The zero-order chi connectivity index (χ0) is 15.0. The maximum Gasteiger partial charge on any atom is 0.239 e. The van der Waals surface area contributed by atoms with Gasteiger partial charge in [-0.05, 0) is 53.5 Å². The van der Waals surface area contributed by atoms with Crippen molar-refractivity contribution < 1.29 is 4.79 Å². The number of nitrogens with zero attached hydrogens (tertiary/aromatic N) is 1. The molecule has 0 heterocycles. The molecule has 0 fully saturated rings. The lowest BCUT2D eigenvalue weighted by molar-refractivity contribution is -0.119. The number of carbonyl (C=O) groups is 1. The van der Waals surface area contributed by atoms with Gasteiger partial charge in [-0.2, -0.15) is 0 Å². The lowest BCUT2D eigenvalue weighted by Gasteiger charge is -2.20. The Kier molecular flexibility index (Phi) is 7.62. The van der Waals surface area contributed by atoms with Crippen LogP contribution in [0.15, 0.2) is 22.7 Å². The number of hydrogen-bond donors (Lipinski definition) is 2. The van der Waals surface area contributed by atoms with E-state index in [0.717, 1.165) is 29.7 Å². The van der Waals surface area contributed by atoms with Gasteiger partial charge in [-0.25, -0.2) is 0 Å². The van der Waals surface area contributed by atoms with Gasteiger partial charge < -0.3 is 15.5 Å². The molecule has 1 amide bonds. The smallest absolute Gasteiger partial charge is 0.239 e. The van der Waals surface area contributed by atoms with Crippen LogP contribution in [0.3, 0.4) is 0 Å². The van der Waals surface area contributed by atoms with Gasteiger partial charge in [-0.3, -0.25) is 4.79 Å². The molecule has 2 N–H and O–H groups in total. The van der Waals surface area contributed by atoms with E-state index in [1.165, 1.54) is 5.56 Å². The second kappa shape index (κ2) is 8.97. The van der Waals surface area contributed by atoms with Crippen LogP contribution >= 0.6 is 15.9 Å². The van der Waals surface area contributed by atoms with Crippen molar-refractivity contribution in [1.29, 1.82) is 0 Å². The van der Waals surface area contributed by atoms with E-state index < -0.39 is 0 Å². The third kappa shape index (κ3) is 5.51. The highest BCUT2D eigenvalue weighted by Gasteiger charge is 2.10. The summed E-state index contributed by atoms with van der Waals surface area (Å²) in [4.78, 5) is 13.5. The quantitative estimate of drug-likeness (QED) is 0.714. The maximum atomic E-state index is 11.6. The molecule has 0 spiro atoms. The van der Waals surface area contributed by atoms with Gasteiger partial charge in [-0.15, -0.1) is 0 Å². The SMILES string of the molecule is CCCNCc1ccc(N(C)CC(=O)NCC)c(Br)c1. The average molecular weight is 342 g/mol. The van der Waals surface area contributed by atoms with Crippen molar-refractivity contribution in [3.05, 3.63) is 28.2 Å². The van der Waals surface area contributed by atoms with Crippen molar-refractivity contribution in [2.75, 3.05) is 31.6 Å². The van der Waals surface area contributed by atoms with Crippen molar-refractivity contribution in [2.45, 2.75) is 26.8 Å². The van der Waals surface area contributed by atoms with Gasteiger partial charge in [0.25, 0.3) is 0 Å². The Labute approximate surface area is 130 Å². The highest BCUT2D eigenvalue weighted by Crippen LogP contribution is 2.26. The third-order valence-corrected chi connectivity index (χ3v) is 3.57. The van der Waals surface area contributed by atoms with Crippen LogP contribution in [0.5, 0.6) is 0 Å². The molecule has 20 heavy (non-hydrogen) atoms. The molecule has 5 heteroatoms. The third-order valence-electron chi connectivity index (χ3n) is 2.93. The molecule has 112 valence electrons. The zero-order valence-corrected chi connectivity index (χ0v) is 14.1. The molecule has 0 atom stereocenters. The number of carbonyl (C=O) groups excluding carboxylic acids is 1. The lowest BCUT2D eigenvalue weighted by Crippen LogP contribution is -2.35. The van der Waals surface area contributed by atoms with E-state index in [1.54, 1.807) is 0 Å². The molecule has 0 bridgehead atoms. The van der Waals surface area contributed by atoms with Gasteiger partial charge in [0, 0.05) is 24.6 Å². The number of halogens is 1. The predicted molar refractivity (Wildman–Crippen MR) is 88.1 cm³/mol. The number of likely N-dealkylation sites (N-methyl/N-ethyl adjacent to an activating group) is 2. The number of nitrogens with one attached hydrogen (secondary N) is 2. The van der Waals surface area contributed by atoms with E-state index in [1.807, 2.05) is 24.9 Å². The highest BCUT2D eigenvalue weighted by atomic mass is 79.9. The fourth-order valence-corrected chi connectivity index (χ4v) is 2.66.